The van der Waals surface area contributed by atoms with Gasteiger partial charge >= 0.3 is 0 Å². The van der Waals surface area contributed by atoms with Gasteiger partial charge in [-0.05, 0) is 24.5 Å². The van der Waals surface area contributed by atoms with Gasteiger partial charge in [0.25, 0.3) is 0 Å². The number of nitrogens with one attached hydrogen (secondary N) is 3. The molecule has 0 spiro atoms. The molecule has 0 amide bonds. The van der Waals surface area contributed by atoms with Gasteiger partial charge in [-0.3, -0.25) is 9.98 Å². The van der Waals surface area contributed by atoms with Crippen molar-refractivity contribution in [3.8, 4) is 0 Å². The maximum atomic E-state index is 12.1. The van der Waals surface area contributed by atoms with Crippen LogP contribution in [0, 0.1) is 5.92 Å². The summed E-state index contributed by atoms with van der Waals surface area (Å²) in [5.74, 6) is 1.32. The first-order valence-corrected chi connectivity index (χ1v) is 10.4. The third-order valence-electron chi connectivity index (χ3n) is 3.98. The van der Waals surface area contributed by atoms with Gasteiger partial charge in [0, 0.05) is 39.1 Å². The molecule has 1 rings (SSSR count). The third kappa shape index (κ3) is 8.31. The second-order valence-electron chi connectivity index (χ2n) is 5.88. The van der Waals surface area contributed by atoms with Gasteiger partial charge in [0.2, 0.25) is 10.0 Å². The van der Waals surface area contributed by atoms with E-state index in [2.05, 4.69) is 39.2 Å². The van der Waals surface area contributed by atoms with Crippen LogP contribution in [0.15, 0.2) is 34.4 Å². The van der Waals surface area contributed by atoms with Crippen molar-refractivity contribution in [1.82, 2.24) is 20.3 Å². The van der Waals surface area contributed by atoms with E-state index < -0.39 is 10.0 Å². The fraction of sp³-hybridized carbons (Fsp3) is 0.647. The lowest BCUT2D eigenvalue weighted by atomic mass is 9.99. The molecule has 8 heteroatoms. The highest BCUT2D eigenvalue weighted by Gasteiger charge is 2.13. The van der Waals surface area contributed by atoms with Gasteiger partial charge < -0.3 is 10.6 Å². The molecule has 25 heavy (non-hydrogen) atoms. The molecular weight excluding hydrogens is 338 g/mol. The standard InChI is InChI=1S/C17H31N5O2S/c1-4-6-8-15(5-2)13-21-17(18-3)20-11-12-22-25(23,24)16-9-7-10-19-14-16/h7,9-10,14-15,22H,4-6,8,11-13H2,1-3H3,(H2,18,20,21). The number of hydrogen-bond donors (Lipinski definition) is 3. The molecule has 0 fully saturated rings. The molecule has 1 aromatic rings. The predicted molar refractivity (Wildman–Crippen MR) is 102 cm³/mol. The van der Waals surface area contributed by atoms with Gasteiger partial charge in [-0.15, -0.1) is 0 Å². The number of hydrogen-bond acceptors (Lipinski definition) is 4. The van der Waals surface area contributed by atoms with Gasteiger partial charge in [-0.25, -0.2) is 13.1 Å². The van der Waals surface area contributed by atoms with Crippen LogP contribution in [0.2, 0.25) is 0 Å². The van der Waals surface area contributed by atoms with E-state index in [1.54, 1.807) is 19.3 Å². The molecule has 0 radical (unpaired) electrons. The zero-order valence-electron chi connectivity index (χ0n) is 15.5. The number of aromatic nitrogens is 1. The molecule has 1 aromatic heterocycles. The van der Waals surface area contributed by atoms with Gasteiger partial charge in [0.05, 0.1) is 0 Å². The zero-order chi connectivity index (χ0) is 18.5. The fourth-order valence-electron chi connectivity index (χ4n) is 2.36. The van der Waals surface area contributed by atoms with Crippen molar-refractivity contribution in [3.63, 3.8) is 0 Å². The lowest BCUT2D eigenvalue weighted by molar-refractivity contribution is 0.444. The van der Waals surface area contributed by atoms with Crippen LogP contribution < -0.4 is 15.4 Å². The van der Waals surface area contributed by atoms with Crippen LogP contribution in [0.25, 0.3) is 0 Å². The molecule has 7 nitrogen and oxygen atoms in total. The number of rotatable bonds is 11. The minimum atomic E-state index is -3.52. The minimum Gasteiger partial charge on any atom is -0.356 e. The molecule has 1 unspecified atom stereocenters. The van der Waals surface area contributed by atoms with E-state index in [0.29, 0.717) is 18.4 Å². The molecule has 0 aliphatic rings. The summed E-state index contributed by atoms with van der Waals surface area (Å²) in [6.45, 7) is 5.99. The average Bonchev–Trinajstić information content (AvgIpc) is 2.64. The van der Waals surface area contributed by atoms with E-state index in [4.69, 9.17) is 0 Å². The van der Waals surface area contributed by atoms with E-state index in [1.807, 2.05) is 0 Å². The Labute approximate surface area is 151 Å². The molecule has 0 aliphatic heterocycles. The number of sulfonamides is 1. The number of guanidine groups is 1. The maximum absolute atomic E-state index is 12.1. The van der Waals surface area contributed by atoms with Crippen molar-refractivity contribution in [1.29, 1.82) is 0 Å². The average molecular weight is 370 g/mol. The summed E-state index contributed by atoms with van der Waals surface area (Å²) in [4.78, 5) is 8.17. The van der Waals surface area contributed by atoms with Crippen molar-refractivity contribution in [2.24, 2.45) is 10.9 Å². The minimum absolute atomic E-state index is 0.166. The van der Waals surface area contributed by atoms with E-state index >= 15 is 0 Å². The largest absolute Gasteiger partial charge is 0.356 e. The SMILES string of the molecule is CCCCC(CC)CNC(=NC)NCCNS(=O)(=O)c1cccnc1. The second-order valence-corrected chi connectivity index (χ2v) is 7.65. The summed E-state index contributed by atoms with van der Waals surface area (Å²) in [6, 6.07) is 3.12. The van der Waals surface area contributed by atoms with Crippen LogP contribution in [0.1, 0.15) is 39.5 Å². The van der Waals surface area contributed by atoms with E-state index in [0.717, 1.165) is 13.0 Å². The van der Waals surface area contributed by atoms with Crippen LogP contribution in [-0.4, -0.2) is 46.0 Å². The molecule has 142 valence electrons. The number of aliphatic imine (C=N–C) groups is 1. The lowest BCUT2D eigenvalue weighted by Crippen LogP contribution is -2.43. The maximum Gasteiger partial charge on any atom is 0.242 e. The van der Waals surface area contributed by atoms with Crippen molar-refractivity contribution in [3.05, 3.63) is 24.5 Å². The van der Waals surface area contributed by atoms with Gasteiger partial charge in [0.15, 0.2) is 5.96 Å². The van der Waals surface area contributed by atoms with E-state index in [9.17, 15) is 8.42 Å². The Kier molecular flexibility index (Phi) is 10.1. The van der Waals surface area contributed by atoms with Crippen LogP contribution in [0.3, 0.4) is 0 Å². The van der Waals surface area contributed by atoms with Crippen molar-refractivity contribution in [2.75, 3.05) is 26.7 Å². The monoisotopic (exact) mass is 369 g/mol. The summed E-state index contributed by atoms with van der Waals surface area (Å²) in [6.07, 6.45) is 7.66. The molecule has 0 aliphatic carbocycles. The molecule has 0 aromatic carbocycles. The van der Waals surface area contributed by atoms with Crippen molar-refractivity contribution in [2.45, 2.75) is 44.4 Å². The fourth-order valence-corrected chi connectivity index (χ4v) is 3.36. The van der Waals surface area contributed by atoms with Gasteiger partial charge in [0.1, 0.15) is 4.90 Å². The number of pyridine rings is 1. The summed E-state index contributed by atoms with van der Waals surface area (Å²) < 4.78 is 26.7. The van der Waals surface area contributed by atoms with Crippen LogP contribution in [-0.2, 0) is 10.0 Å². The first kappa shape index (κ1) is 21.4. The van der Waals surface area contributed by atoms with E-state index in [1.165, 1.54) is 31.5 Å². The van der Waals surface area contributed by atoms with Crippen LogP contribution in [0.5, 0.6) is 0 Å². The molecule has 3 N–H and O–H groups in total. The zero-order valence-corrected chi connectivity index (χ0v) is 16.3. The van der Waals surface area contributed by atoms with Crippen LogP contribution >= 0.6 is 0 Å². The predicted octanol–water partition coefficient (Wildman–Crippen LogP) is 1.74. The van der Waals surface area contributed by atoms with Crippen molar-refractivity contribution < 1.29 is 8.42 Å². The molecule has 1 heterocycles. The Morgan fingerprint density at radius 2 is 2.08 bits per heavy atom. The molecule has 0 bridgehead atoms. The van der Waals surface area contributed by atoms with E-state index in [-0.39, 0.29) is 11.4 Å². The molecular formula is C17H31N5O2S. The molecule has 1 atom stereocenters. The van der Waals surface area contributed by atoms with Crippen molar-refractivity contribution >= 4 is 16.0 Å². The Morgan fingerprint density at radius 3 is 2.68 bits per heavy atom. The highest BCUT2D eigenvalue weighted by Crippen LogP contribution is 2.11. The number of nitrogens with zero attached hydrogens (tertiary/aromatic N) is 2. The summed E-state index contributed by atoms with van der Waals surface area (Å²) >= 11 is 0. The summed E-state index contributed by atoms with van der Waals surface area (Å²) in [5.41, 5.74) is 0. The van der Waals surface area contributed by atoms with Gasteiger partial charge in [-0.1, -0.05) is 33.1 Å². The smallest absolute Gasteiger partial charge is 0.242 e. The Hall–Kier alpha value is -1.67. The Balaban J connectivity index is 2.33. The topological polar surface area (TPSA) is 95.5 Å². The van der Waals surface area contributed by atoms with Crippen LogP contribution in [0.4, 0.5) is 0 Å². The normalized spacial score (nSPS) is 13.5. The molecule has 0 saturated carbocycles. The quantitative estimate of drug-likeness (QED) is 0.314. The highest BCUT2D eigenvalue weighted by molar-refractivity contribution is 7.89. The summed E-state index contributed by atoms with van der Waals surface area (Å²) in [7, 11) is -1.81. The lowest BCUT2D eigenvalue weighted by Gasteiger charge is -2.18. The number of unbranched alkanes of at least 4 members (excludes halogenated alkanes) is 1. The third-order valence-corrected chi connectivity index (χ3v) is 5.43. The molecule has 0 saturated heterocycles. The highest BCUT2D eigenvalue weighted by atomic mass is 32.2. The Bertz CT molecular complexity index is 605. The first-order chi connectivity index (χ1) is 12.0. The second kappa shape index (κ2) is 11.8. The Morgan fingerprint density at radius 1 is 1.28 bits per heavy atom. The van der Waals surface area contributed by atoms with Gasteiger partial charge in [-0.2, -0.15) is 0 Å². The first-order valence-electron chi connectivity index (χ1n) is 8.87. The summed E-state index contributed by atoms with van der Waals surface area (Å²) in [5, 5.41) is 6.44.